The van der Waals surface area contributed by atoms with Gasteiger partial charge >= 0.3 is 0 Å². The molecule has 0 aromatic heterocycles. The van der Waals surface area contributed by atoms with Crippen LogP contribution in [0.3, 0.4) is 0 Å². The average Bonchev–Trinajstić information content (AvgIpc) is 2.16. The third kappa shape index (κ3) is 3.01. The first-order chi connectivity index (χ1) is 6.29. The van der Waals surface area contributed by atoms with E-state index in [0.29, 0.717) is 12.1 Å². The molecule has 0 aromatic rings. The van der Waals surface area contributed by atoms with E-state index in [0.717, 1.165) is 6.54 Å². The number of likely N-dealkylation sites (N-methyl/N-ethyl adjacent to an activating group) is 2. The largest absolute Gasteiger partial charge is 0.309 e. The fourth-order valence-electron chi connectivity index (χ4n) is 1.70. The molecule has 13 heavy (non-hydrogen) atoms. The number of hydrogen-bond donors (Lipinski definition) is 1. The van der Waals surface area contributed by atoms with Crippen LogP contribution < -0.4 is 5.32 Å². The Hall–Kier alpha value is 0.01000. The molecule has 2 unspecified atom stereocenters. The molecule has 0 spiro atoms. The lowest BCUT2D eigenvalue weighted by Gasteiger charge is -2.36. The van der Waals surface area contributed by atoms with Gasteiger partial charge in [0, 0.05) is 30.1 Å². The Kier molecular flexibility index (Phi) is 4.84. The lowest BCUT2D eigenvalue weighted by molar-refractivity contribution is 0.236. The Morgan fingerprint density at radius 2 is 2.54 bits per heavy atom. The van der Waals surface area contributed by atoms with E-state index < -0.39 is 0 Å². The van der Waals surface area contributed by atoms with Crippen LogP contribution in [0, 0.1) is 0 Å². The van der Waals surface area contributed by atoms with Crippen LogP contribution in [0.15, 0.2) is 12.7 Å². The molecular formula is C10H20N2S. The van der Waals surface area contributed by atoms with Crippen LogP contribution >= 0.6 is 11.8 Å². The molecule has 1 fully saturated rings. The minimum atomic E-state index is 0.447. The van der Waals surface area contributed by atoms with Gasteiger partial charge in [-0.05, 0) is 13.6 Å². The van der Waals surface area contributed by atoms with Gasteiger partial charge in [0.2, 0.25) is 0 Å². The van der Waals surface area contributed by atoms with Gasteiger partial charge in [-0.3, -0.25) is 4.90 Å². The molecule has 2 nitrogen and oxygen atoms in total. The van der Waals surface area contributed by atoms with Crippen LogP contribution in [-0.2, 0) is 0 Å². The van der Waals surface area contributed by atoms with E-state index in [1.807, 2.05) is 17.8 Å². The highest BCUT2D eigenvalue weighted by Crippen LogP contribution is 2.17. The minimum Gasteiger partial charge on any atom is -0.309 e. The summed E-state index contributed by atoms with van der Waals surface area (Å²) in [7, 11) is 2.21. The number of hydrogen-bond acceptors (Lipinski definition) is 3. The second-order valence-electron chi connectivity index (χ2n) is 3.44. The third-order valence-electron chi connectivity index (χ3n) is 2.55. The summed E-state index contributed by atoms with van der Waals surface area (Å²) in [6.45, 7) is 8.26. The zero-order chi connectivity index (χ0) is 9.68. The number of nitrogens with zero attached hydrogens (tertiary/aromatic N) is 1. The number of rotatable bonds is 4. The van der Waals surface area contributed by atoms with Crippen molar-refractivity contribution < 1.29 is 0 Å². The fourth-order valence-corrected chi connectivity index (χ4v) is 2.98. The number of thioether (sulfide) groups is 1. The zero-order valence-electron chi connectivity index (χ0n) is 8.62. The monoisotopic (exact) mass is 200 g/mol. The van der Waals surface area contributed by atoms with Gasteiger partial charge < -0.3 is 5.32 Å². The summed E-state index contributed by atoms with van der Waals surface area (Å²) in [6.07, 6.45) is 2.04. The molecule has 0 bridgehead atoms. The molecule has 76 valence electrons. The smallest absolute Gasteiger partial charge is 0.0412 e. The van der Waals surface area contributed by atoms with E-state index in [9.17, 15) is 0 Å². The Labute approximate surface area is 85.8 Å². The maximum Gasteiger partial charge on any atom is 0.0412 e. The molecule has 1 aliphatic heterocycles. The molecule has 0 aromatic carbocycles. The highest BCUT2D eigenvalue weighted by molar-refractivity contribution is 7.99. The van der Waals surface area contributed by atoms with Crippen molar-refractivity contribution in [1.82, 2.24) is 10.2 Å². The maximum atomic E-state index is 3.89. The van der Waals surface area contributed by atoms with E-state index in [4.69, 9.17) is 0 Å². The van der Waals surface area contributed by atoms with Gasteiger partial charge in [-0.15, -0.1) is 6.58 Å². The quantitative estimate of drug-likeness (QED) is 0.687. The minimum absolute atomic E-state index is 0.447. The highest BCUT2D eigenvalue weighted by atomic mass is 32.2. The SMILES string of the molecule is C=CC(NCC)C1CSCCN1C. The molecule has 0 aliphatic carbocycles. The van der Waals surface area contributed by atoms with E-state index in [1.54, 1.807) is 0 Å². The van der Waals surface area contributed by atoms with Crippen molar-refractivity contribution in [2.75, 3.05) is 31.6 Å². The van der Waals surface area contributed by atoms with Crippen LogP contribution in [0.25, 0.3) is 0 Å². The van der Waals surface area contributed by atoms with Gasteiger partial charge in [-0.2, -0.15) is 11.8 Å². The third-order valence-corrected chi connectivity index (χ3v) is 3.60. The van der Waals surface area contributed by atoms with Crippen LogP contribution in [-0.4, -0.2) is 48.6 Å². The van der Waals surface area contributed by atoms with E-state index in [-0.39, 0.29) is 0 Å². The summed E-state index contributed by atoms with van der Waals surface area (Å²) in [4.78, 5) is 2.44. The van der Waals surface area contributed by atoms with E-state index in [1.165, 1.54) is 18.1 Å². The highest BCUT2D eigenvalue weighted by Gasteiger charge is 2.24. The summed E-state index contributed by atoms with van der Waals surface area (Å²) in [5.74, 6) is 2.49. The van der Waals surface area contributed by atoms with Gasteiger partial charge in [0.05, 0.1) is 0 Å². The molecule has 1 aliphatic rings. The molecule has 1 heterocycles. The van der Waals surface area contributed by atoms with Crippen LogP contribution in [0.5, 0.6) is 0 Å². The maximum absolute atomic E-state index is 3.89. The molecule has 0 radical (unpaired) electrons. The van der Waals surface area contributed by atoms with Crippen molar-refractivity contribution in [3.05, 3.63) is 12.7 Å². The fraction of sp³-hybridized carbons (Fsp3) is 0.800. The van der Waals surface area contributed by atoms with Crippen molar-refractivity contribution in [1.29, 1.82) is 0 Å². The molecule has 3 heteroatoms. The van der Waals surface area contributed by atoms with Gasteiger partial charge in [0.1, 0.15) is 0 Å². The Morgan fingerprint density at radius 3 is 3.08 bits per heavy atom. The first-order valence-electron chi connectivity index (χ1n) is 4.93. The van der Waals surface area contributed by atoms with Crippen molar-refractivity contribution in [2.24, 2.45) is 0 Å². The first kappa shape index (κ1) is 11.1. The molecular weight excluding hydrogens is 180 g/mol. The summed E-state index contributed by atoms with van der Waals surface area (Å²) in [5.41, 5.74) is 0. The molecule has 1 saturated heterocycles. The molecule has 2 atom stereocenters. The van der Waals surface area contributed by atoms with Crippen molar-refractivity contribution in [3.8, 4) is 0 Å². The topological polar surface area (TPSA) is 15.3 Å². The molecule has 0 saturated carbocycles. The lowest BCUT2D eigenvalue weighted by Crippen LogP contribution is -2.51. The summed E-state index contributed by atoms with van der Waals surface area (Å²) < 4.78 is 0. The summed E-state index contributed by atoms with van der Waals surface area (Å²) in [5, 5.41) is 3.46. The molecule has 1 rings (SSSR count). The van der Waals surface area contributed by atoms with Gasteiger partial charge in [0.25, 0.3) is 0 Å². The van der Waals surface area contributed by atoms with E-state index in [2.05, 4.69) is 30.8 Å². The van der Waals surface area contributed by atoms with Crippen molar-refractivity contribution in [3.63, 3.8) is 0 Å². The normalized spacial score (nSPS) is 27.1. The average molecular weight is 200 g/mol. The van der Waals surface area contributed by atoms with Crippen LogP contribution in [0.4, 0.5) is 0 Å². The number of nitrogens with one attached hydrogen (secondary N) is 1. The van der Waals surface area contributed by atoms with Gasteiger partial charge in [0.15, 0.2) is 0 Å². The second kappa shape index (κ2) is 5.68. The standard InChI is InChI=1S/C10H20N2S/c1-4-9(11-5-2)10-8-13-7-6-12(10)3/h4,9-11H,1,5-8H2,2-3H3. The summed E-state index contributed by atoms with van der Waals surface area (Å²) >= 11 is 2.05. The summed E-state index contributed by atoms with van der Waals surface area (Å²) in [6, 6.07) is 1.07. The Bertz CT molecular complexity index is 161. The van der Waals surface area contributed by atoms with Crippen LogP contribution in [0.1, 0.15) is 6.92 Å². The van der Waals surface area contributed by atoms with Crippen molar-refractivity contribution in [2.45, 2.75) is 19.0 Å². The lowest BCUT2D eigenvalue weighted by atomic mass is 10.1. The Balaban J connectivity index is 2.49. The van der Waals surface area contributed by atoms with Gasteiger partial charge in [-0.1, -0.05) is 13.0 Å². The van der Waals surface area contributed by atoms with E-state index >= 15 is 0 Å². The predicted octanol–water partition coefficient (Wildman–Crippen LogP) is 1.20. The molecule has 0 amide bonds. The zero-order valence-corrected chi connectivity index (χ0v) is 9.44. The Morgan fingerprint density at radius 1 is 1.77 bits per heavy atom. The second-order valence-corrected chi connectivity index (χ2v) is 4.59. The molecule has 1 N–H and O–H groups in total. The predicted molar refractivity (Wildman–Crippen MR) is 61.4 cm³/mol. The van der Waals surface area contributed by atoms with Crippen LogP contribution in [0.2, 0.25) is 0 Å². The van der Waals surface area contributed by atoms with Gasteiger partial charge in [-0.25, -0.2) is 0 Å². The first-order valence-corrected chi connectivity index (χ1v) is 6.09. The van der Waals surface area contributed by atoms with Crippen molar-refractivity contribution >= 4 is 11.8 Å².